The van der Waals surface area contributed by atoms with Crippen molar-refractivity contribution >= 4 is 72.9 Å². The standard InChI is InChI=1S/C47H59N7O11S2/c1-9-29-25-47(29,43(58)53-67(60,61)39-17-15-14-16-33(39)50-40(55)18-12-10-11-13-19-41(56)63-8)52-42(57)37-23-31(26-54(37)45(59)65-46(4,5)6)64-38-24-35(36-27-66-44(51-36)48-28(2)3)49-34-22-30(62-7)20-21-32(34)38/h9,14-17,20-22,24,27-29,31,37H,1,10-13,18-19,23,25-26H2,2-8H3,(H,48,51)(H,50,55)(H,52,57)(H,53,58)/t29-,31-,37+,47-/m1/s1. The van der Waals surface area contributed by atoms with Crippen LogP contribution in [0.2, 0.25) is 0 Å². The van der Waals surface area contributed by atoms with E-state index in [1.54, 1.807) is 52.1 Å². The number of para-hydroxylation sites is 1. The van der Waals surface area contributed by atoms with Gasteiger partial charge in [-0.2, -0.15) is 0 Å². The number of rotatable bonds is 20. The minimum atomic E-state index is -4.62. The Morgan fingerprint density at radius 1 is 0.985 bits per heavy atom. The van der Waals surface area contributed by atoms with Crippen LogP contribution in [0.4, 0.5) is 15.6 Å². The Bertz CT molecular complexity index is 2610. The van der Waals surface area contributed by atoms with Gasteiger partial charge in [0.1, 0.15) is 45.4 Å². The molecule has 2 aromatic carbocycles. The second-order valence-electron chi connectivity index (χ2n) is 17.8. The number of methoxy groups -OCH3 is 2. The number of pyridine rings is 1. The Labute approximate surface area is 394 Å². The number of fused-ring (bicyclic) bond motifs is 1. The Kier molecular flexibility index (Phi) is 15.8. The lowest BCUT2D eigenvalue weighted by atomic mass is 10.1. The summed E-state index contributed by atoms with van der Waals surface area (Å²) < 4.78 is 52.4. The second-order valence-corrected chi connectivity index (χ2v) is 20.3. The molecule has 2 aliphatic rings. The molecule has 18 nitrogen and oxygen atoms in total. The molecule has 3 heterocycles. The van der Waals surface area contributed by atoms with E-state index in [0.29, 0.717) is 59.5 Å². The largest absolute Gasteiger partial charge is 0.497 e. The summed E-state index contributed by atoms with van der Waals surface area (Å²) in [7, 11) is -1.74. The quantitative estimate of drug-likeness (QED) is 0.0398. The van der Waals surface area contributed by atoms with E-state index in [-0.39, 0.29) is 54.8 Å². The summed E-state index contributed by atoms with van der Waals surface area (Å²) in [5.41, 5.74) is -0.998. The highest BCUT2D eigenvalue weighted by molar-refractivity contribution is 7.90. The molecule has 67 heavy (non-hydrogen) atoms. The number of aromatic nitrogens is 2. The molecule has 0 bridgehead atoms. The zero-order valence-corrected chi connectivity index (χ0v) is 40.4. The molecule has 4 aromatic rings. The summed E-state index contributed by atoms with van der Waals surface area (Å²) in [5, 5.41) is 12.0. The zero-order valence-electron chi connectivity index (χ0n) is 38.8. The van der Waals surface area contributed by atoms with Crippen LogP contribution < -0.4 is 30.1 Å². The number of thiazole rings is 1. The van der Waals surface area contributed by atoms with Crippen molar-refractivity contribution in [2.45, 2.75) is 120 Å². The first-order valence-electron chi connectivity index (χ1n) is 22.1. The highest BCUT2D eigenvalue weighted by Crippen LogP contribution is 2.45. The highest BCUT2D eigenvalue weighted by atomic mass is 32.2. The van der Waals surface area contributed by atoms with Crippen LogP contribution in [0.1, 0.15) is 86.0 Å². The summed E-state index contributed by atoms with van der Waals surface area (Å²) in [6, 6.07) is 11.7. The van der Waals surface area contributed by atoms with Crippen LogP contribution in [0, 0.1) is 5.92 Å². The number of hydrogen-bond acceptors (Lipinski definition) is 15. The number of likely N-dealkylation sites (tertiary alicyclic amines) is 1. The summed E-state index contributed by atoms with van der Waals surface area (Å²) >= 11 is 1.44. The van der Waals surface area contributed by atoms with Crippen molar-refractivity contribution in [3.05, 3.63) is 66.6 Å². The number of esters is 1. The fourth-order valence-corrected chi connectivity index (χ4v) is 9.76. The maximum absolute atomic E-state index is 14.5. The molecule has 4 amide bonds. The maximum Gasteiger partial charge on any atom is 0.411 e. The molecular weight excluding hydrogens is 903 g/mol. The molecule has 2 aromatic heterocycles. The van der Waals surface area contributed by atoms with Gasteiger partial charge in [0.15, 0.2) is 5.13 Å². The van der Waals surface area contributed by atoms with Gasteiger partial charge in [0.2, 0.25) is 11.8 Å². The lowest BCUT2D eigenvalue weighted by molar-refractivity contribution is -0.140. The lowest BCUT2D eigenvalue weighted by Crippen LogP contribution is -2.56. The van der Waals surface area contributed by atoms with Gasteiger partial charge in [0.05, 0.1) is 37.7 Å². The van der Waals surface area contributed by atoms with Gasteiger partial charge in [-0.3, -0.25) is 24.1 Å². The van der Waals surface area contributed by atoms with Crippen molar-refractivity contribution < 1.29 is 51.3 Å². The van der Waals surface area contributed by atoms with E-state index in [4.69, 9.17) is 24.2 Å². The molecule has 4 N–H and O–H groups in total. The van der Waals surface area contributed by atoms with Gasteiger partial charge in [0, 0.05) is 54.1 Å². The number of nitrogens with zero attached hydrogens (tertiary/aromatic N) is 3. The van der Waals surface area contributed by atoms with Crippen LogP contribution in [-0.4, -0.2) is 103 Å². The van der Waals surface area contributed by atoms with E-state index in [1.165, 1.54) is 47.6 Å². The van der Waals surface area contributed by atoms with Crippen molar-refractivity contribution in [2.24, 2.45) is 5.92 Å². The van der Waals surface area contributed by atoms with Gasteiger partial charge in [-0.1, -0.05) is 31.1 Å². The van der Waals surface area contributed by atoms with Crippen molar-refractivity contribution in [1.29, 1.82) is 0 Å². The Balaban J connectivity index is 1.20. The van der Waals surface area contributed by atoms with Crippen molar-refractivity contribution in [3.8, 4) is 22.9 Å². The summed E-state index contributed by atoms with van der Waals surface area (Å²) in [6.45, 7) is 12.9. The van der Waals surface area contributed by atoms with Crippen LogP contribution in [0.15, 0.2) is 71.5 Å². The number of nitrogens with one attached hydrogen (secondary N) is 4. The predicted molar refractivity (Wildman–Crippen MR) is 253 cm³/mol. The number of unbranched alkanes of at least 4 members (excludes halogenated alkanes) is 3. The number of benzene rings is 2. The summed E-state index contributed by atoms with van der Waals surface area (Å²) in [5.74, 6) is -2.15. The lowest BCUT2D eigenvalue weighted by Gasteiger charge is -2.29. The van der Waals surface area contributed by atoms with Gasteiger partial charge in [-0.25, -0.2) is 27.9 Å². The van der Waals surface area contributed by atoms with E-state index in [0.717, 1.165) is 5.13 Å². The van der Waals surface area contributed by atoms with Crippen molar-refractivity contribution in [1.82, 2.24) is 24.9 Å². The minimum absolute atomic E-state index is 0.0190. The number of carbonyl (C=O) groups is 5. The fraction of sp³-hybridized carbons (Fsp3) is 0.468. The molecule has 360 valence electrons. The van der Waals surface area contributed by atoms with Crippen LogP contribution in [-0.2, 0) is 38.7 Å². The third-order valence-corrected chi connectivity index (χ3v) is 13.3. The van der Waals surface area contributed by atoms with Gasteiger partial charge in [-0.15, -0.1) is 17.9 Å². The average molecular weight is 962 g/mol. The monoisotopic (exact) mass is 961 g/mol. The molecule has 0 radical (unpaired) electrons. The molecule has 20 heteroatoms. The topological polar surface area (TPSA) is 234 Å². The number of anilines is 2. The number of amides is 4. The molecular formula is C47H59N7O11S2. The minimum Gasteiger partial charge on any atom is -0.497 e. The Morgan fingerprint density at radius 3 is 2.39 bits per heavy atom. The predicted octanol–water partition coefficient (Wildman–Crippen LogP) is 6.96. The van der Waals surface area contributed by atoms with Gasteiger partial charge >= 0.3 is 12.1 Å². The molecule has 6 rings (SSSR count). The van der Waals surface area contributed by atoms with Gasteiger partial charge in [-0.05, 0) is 78.1 Å². The third-order valence-electron chi connectivity index (χ3n) is 11.1. The maximum atomic E-state index is 14.5. The summed E-state index contributed by atoms with van der Waals surface area (Å²) in [4.78, 5) is 77.1. The molecule has 0 spiro atoms. The number of sulfonamides is 1. The number of carbonyl (C=O) groups excluding carboxylic acids is 5. The normalized spacial score (nSPS) is 19.0. The summed E-state index contributed by atoms with van der Waals surface area (Å²) in [6.07, 6.45) is 2.82. The molecule has 1 saturated heterocycles. The fourth-order valence-electron chi connectivity index (χ4n) is 7.70. The van der Waals surface area contributed by atoms with Crippen LogP contribution in [0.5, 0.6) is 11.5 Å². The molecule has 4 atom stereocenters. The smallest absolute Gasteiger partial charge is 0.411 e. The van der Waals surface area contributed by atoms with E-state index in [9.17, 15) is 32.4 Å². The van der Waals surface area contributed by atoms with Gasteiger partial charge in [0.25, 0.3) is 15.9 Å². The second kappa shape index (κ2) is 21.1. The van der Waals surface area contributed by atoms with Crippen LogP contribution in [0.25, 0.3) is 22.3 Å². The number of ether oxygens (including phenoxy) is 4. The molecule has 1 aliphatic heterocycles. The first-order valence-corrected chi connectivity index (χ1v) is 24.5. The van der Waals surface area contributed by atoms with E-state index >= 15 is 0 Å². The van der Waals surface area contributed by atoms with Crippen molar-refractivity contribution in [2.75, 3.05) is 31.4 Å². The van der Waals surface area contributed by atoms with E-state index in [2.05, 4.69) is 32.0 Å². The zero-order chi connectivity index (χ0) is 48.7. The first kappa shape index (κ1) is 50.1. The Hall–Kier alpha value is -6.28. The van der Waals surface area contributed by atoms with Crippen LogP contribution >= 0.6 is 11.3 Å². The Morgan fingerprint density at radius 2 is 1.72 bits per heavy atom. The molecule has 2 fully saturated rings. The van der Waals surface area contributed by atoms with Crippen molar-refractivity contribution in [3.63, 3.8) is 0 Å². The van der Waals surface area contributed by atoms with E-state index < -0.39 is 63.0 Å². The van der Waals surface area contributed by atoms with Crippen LogP contribution in [0.3, 0.4) is 0 Å². The van der Waals surface area contributed by atoms with E-state index in [1.807, 2.05) is 25.3 Å². The average Bonchev–Trinajstić information content (AvgIpc) is 3.53. The number of hydrogen-bond donors (Lipinski definition) is 4. The van der Waals surface area contributed by atoms with Gasteiger partial charge < -0.3 is 34.9 Å². The molecule has 1 saturated carbocycles. The SMILES string of the molecule is C=C[C@@H]1C[C@]1(NC(=O)[C@@H]1C[C@@H](Oc2cc(-c3csc(NC(C)C)n3)nc3cc(OC)ccc23)CN1C(=O)OC(C)(C)C)C(=O)NS(=O)(=O)c1ccccc1NC(=O)CCCCCCC(=O)OC. The highest BCUT2D eigenvalue weighted by Gasteiger charge is 2.61. The molecule has 1 aliphatic carbocycles. The molecule has 0 unspecified atom stereocenters. The third kappa shape index (κ3) is 12.6. The first-order chi connectivity index (χ1) is 31.7.